The molecule has 1 fully saturated rings. The van der Waals surface area contributed by atoms with Crippen LogP contribution in [0.1, 0.15) is 33.6 Å². The number of carbonyl (C=O) groups excluding carboxylic acids is 1. The van der Waals surface area contributed by atoms with Crippen molar-refractivity contribution in [3.05, 3.63) is 0 Å². The number of alkyl carbamates (subject to hydrolysis) is 1. The zero-order valence-electron chi connectivity index (χ0n) is 12.7. The molecule has 5 heteroatoms. The maximum absolute atomic E-state index is 11.4. The van der Waals surface area contributed by atoms with Crippen LogP contribution in [0.4, 0.5) is 4.79 Å². The molecule has 2 unspecified atom stereocenters. The predicted octanol–water partition coefficient (Wildman–Crippen LogP) is 1.43. The van der Waals surface area contributed by atoms with E-state index in [9.17, 15) is 4.79 Å². The number of hydrogen-bond acceptors (Lipinski definition) is 4. The fourth-order valence-electron chi connectivity index (χ4n) is 3.01. The van der Waals surface area contributed by atoms with Gasteiger partial charge in [0.1, 0.15) is 0 Å². The summed E-state index contributed by atoms with van der Waals surface area (Å²) in [6, 6.07) is 0.167. The Labute approximate surface area is 116 Å². The quantitative estimate of drug-likeness (QED) is 0.811. The summed E-state index contributed by atoms with van der Waals surface area (Å²) in [7, 11) is 1.41. The molecule has 1 heterocycles. The van der Waals surface area contributed by atoms with Crippen LogP contribution >= 0.6 is 0 Å². The molecule has 0 aliphatic carbocycles. The van der Waals surface area contributed by atoms with Crippen molar-refractivity contribution in [2.24, 2.45) is 17.1 Å². The van der Waals surface area contributed by atoms with Crippen LogP contribution in [-0.4, -0.2) is 50.3 Å². The van der Waals surface area contributed by atoms with Gasteiger partial charge in [-0.05, 0) is 24.2 Å². The van der Waals surface area contributed by atoms with E-state index in [4.69, 9.17) is 10.5 Å². The van der Waals surface area contributed by atoms with Gasteiger partial charge in [-0.15, -0.1) is 0 Å². The highest BCUT2D eigenvalue weighted by atomic mass is 16.5. The molecule has 5 nitrogen and oxygen atoms in total. The van der Waals surface area contributed by atoms with E-state index in [1.54, 1.807) is 0 Å². The second-order valence-electron chi connectivity index (χ2n) is 6.75. The van der Waals surface area contributed by atoms with Crippen LogP contribution < -0.4 is 11.1 Å². The van der Waals surface area contributed by atoms with Crippen molar-refractivity contribution in [2.75, 3.05) is 33.3 Å². The van der Waals surface area contributed by atoms with E-state index in [2.05, 4.69) is 31.0 Å². The van der Waals surface area contributed by atoms with Crippen LogP contribution in [0.3, 0.4) is 0 Å². The SMILES string of the molecule is COC(=O)NC1CC(CC(C)(C)C)CN(CCN)C1. The summed E-state index contributed by atoms with van der Waals surface area (Å²) in [6.45, 7) is 10.3. The van der Waals surface area contributed by atoms with Gasteiger partial charge >= 0.3 is 6.09 Å². The molecule has 0 radical (unpaired) electrons. The highest BCUT2D eigenvalue weighted by Crippen LogP contribution is 2.30. The van der Waals surface area contributed by atoms with Crippen molar-refractivity contribution in [1.82, 2.24) is 10.2 Å². The number of amides is 1. The molecule has 1 aliphatic rings. The van der Waals surface area contributed by atoms with Crippen molar-refractivity contribution in [3.63, 3.8) is 0 Å². The monoisotopic (exact) mass is 271 g/mol. The molecule has 19 heavy (non-hydrogen) atoms. The van der Waals surface area contributed by atoms with Crippen molar-refractivity contribution < 1.29 is 9.53 Å². The predicted molar refractivity (Wildman–Crippen MR) is 77.0 cm³/mol. The maximum atomic E-state index is 11.4. The summed E-state index contributed by atoms with van der Waals surface area (Å²) in [4.78, 5) is 13.7. The van der Waals surface area contributed by atoms with Gasteiger partial charge in [0, 0.05) is 32.2 Å². The summed E-state index contributed by atoms with van der Waals surface area (Å²) >= 11 is 0. The van der Waals surface area contributed by atoms with E-state index in [-0.39, 0.29) is 12.1 Å². The molecule has 3 N–H and O–H groups in total. The van der Waals surface area contributed by atoms with E-state index in [0.29, 0.717) is 17.9 Å². The Kier molecular flexibility index (Phi) is 6.07. The first-order chi connectivity index (χ1) is 8.84. The van der Waals surface area contributed by atoms with Gasteiger partial charge in [-0.25, -0.2) is 4.79 Å². The van der Waals surface area contributed by atoms with E-state index in [0.717, 1.165) is 32.5 Å². The third kappa shape index (κ3) is 6.25. The van der Waals surface area contributed by atoms with Crippen LogP contribution in [0.2, 0.25) is 0 Å². The fraction of sp³-hybridized carbons (Fsp3) is 0.929. The first-order valence-electron chi connectivity index (χ1n) is 7.11. The van der Waals surface area contributed by atoms with Crippen LogP contribution in [-0.2, 0) is 4.74 Å². The Morgan fingerprint density at radius 2 is 2.11 bits per heavy atom. The van der Waals surface area contributed by atoms with Gasteiger partial charge in [-0.2, -0.15) is 0 Å². The zero-order chi connectivity index (χ0) is 14.5. The highest BCUT2D eigenvalue weighted by molar-refractivity contribution is 5.67. The van der Waals surface area contributed by atoms with Crippen LogP contribution in [0, 0.1) is 11.3 Å². The molecule has 1 aliphatic heterocycles. The topological polar surface area (TPSA) is 67.6 Å². The van der Waals surface area contributed by atoms with Gasteiger partial charge < -0.3 is 15.8 Å². The fourth-order valence-corrected chi connectivity index (χ4v) is 3.01. The lowest BCUT2D eigenvalue weighted by molar-refractivity contribution is 0.108. The first-order valence-corrected chi connectivity index (χ1v) is 7.11. The third-order valence-electron chi connectivity index (χ3n) is 3.47. The number of ether oxygens (including phenoxy) is 1. The van der Waals surface area contributed by atoms with Crippen molar-refractivity contribution in [1.29, 1.82) is 0 Å². The van der Waals surface area contributed by atoms with E-state index in [1.165, 1.54) is 7.11 Å². The number of nitrogens with one attached hydrogen (secondary N) is 1. The molecule has 0 aromatic rings. The molecule has 2 atom stereocenters. The lowest BCUT2D eigenvalue weighted by Gasteiger charge is -2.39. The van der Waals surface area contributed by atoms with Crippen molar-refractivity contribution in [2.45, 2.75) is 39.7 Å². The minimum atomic E-state index is -0.339. The minimum absolute atomic E-state index is 0.167. The van der Waals surface area contributed by atoms with Gasteiger partial charge in [-0.3, -0.25) is 4.90 Å². The van der Waals surface area contributed by atoms with Gasteiger partial charge in [0.15, 0.2) is 0 Å². The Bertz CT molecular complexity index is 289. The normalized spacial score (nSPS) is 25.1. The molecule has 1 rings (SSSR count). The summed E-state index contributed by atoms with van der Waals surface area (Å²) in [5.41, 5.74) is 5.96. The Hall–Kier alpha value is -0.810. The smallest absolute Gasteiger partial charge is 0.407 e. The number of nitrogens with two attached hydrogens (primary N) is 1. The average Bonchev–Trinajstić information content (AvgIpc) is 2.26. The summed E-state index contributed by atoms with van der Waals surface area (Å²) in [5, 5.41) is 2.93. The summed E-state index contributed by atoms with van der Waals surface area (Å²) in [5.74, 6) is 0.599. The number of methoxy groups -OCH3 is 1. The van der Waals surface area contributed by atoms with E-state index < -0.39 is 0 Å². The largest absolute Gasteiger partial charge is 0.453 e. The van der Waals surface area contributed by atoms with Crippen LogP contribution in [0.5, 0.6) is 0 Å². The number of hydrogen-bond donors (Lipinski definition) is 2. The lowest BCUT2D eigenvalue weighted by Crippen LogP contribution is -2.52. The molecule has 1 saturated heterocycles. The lowest BCUT2D eigenvalue weighted by atomic mass is 9.80. The van der Waals surface area contributed by atoms with E-state index >= 15 is 0 Å². The molecular formula is C14H29N3O2. The zero-order valence-corrected chi connectivity index (χ0v) is 12.7. The summed E-state index contributed by atoms with van der Waals surface area (Å²) in [6.07, 6.45) is 1.84. The molecular weight excluding hydrogens is 242 g/mol. The van der Waals surface area contributed by atoms with Crippen molar-refractivity contribution in [3.8, 4) is 0 Å². The second kappa shape index (κ2) is 7.10. The van der Waals surface area contributed by atoms with Crippen LogP contribution in [0.25, 0.3) is 0 Å². The Morgan fingerprint density at radius 3 is 2.63 bits per heavy atom. The number of likely N-dealkylation sites (tertiary alicyclic amines) is 1. The molecule has 0 aromatic carbocycles. The van der Waals surface area contributed by atoms with E-state index in [1.807, 2.05) is 0 Å². The number of rotatable bonds is 4. The van der Waals surface area contributed by atoms with Crippen LogP contribution in [0.15, 0.2) is 0 Å². The number of nitrogens with zero attached hydrogens (tertiary/aromatic N) is 1. The van der Waals surface area contributed by atoms with Gasteiger partial charge in [0.2, 0.25) is 0 Å². The van der Waals surface area contributed by atoms with Gasteiger partial charge in [0.25, 0.3) is 0 Å². The minimum Gasteiger partial charge on any atom is -0.453 e. The highest BCUT2D eigenvalue weighted by Gasteiger charge is 2.30. The molecule has 0 saturated carbocycles. The molecule has 1 amide bonds. The molecule has 0 aromatic heterocycles. The maximum Gasteiger partial charge on any atom is 0.407 e. The molecule has 0 bridgehead atoms. The molecule has 112 valence electrons. The first kappa shape index (κ1) is 16.2. The Morgan fingerprint density at radius 1 is 1.42 bits per heavy atom. The molecule has 0 spiro atoms. The van der Waals surface area contributed by atoms with Crippen molar-refractivity contribution >= 4 is 6.09 Å². The average molecular weight is 271 g/mol. The second-order valence-corrected chi connectivity index (χ2v) is 6.75. The van der Waals surface area contributed by atoms with Gasteiger partial charge in [0.05, 0.1) is 7.11 Å². The third-order valence-corrected chi connectivity index (χ3v) is 3.47. The summed E-state index contributed by atoms with van der Waals surface area (Å²) < 4.78 is 4.69. The number of piperidine rings is 1. The number of carbonyl (C=O) groups is 1. The standard InChI is InChI=1S/C14H29N3O2/c1-14(2,3)8-11-7-12(16-13(18)19-4)10-17(9-11)6-5-15/h11-12H,5-10,15H2,1-4H3,(H,16,18). The van der Waals surface area contributed by atoms with Gasteiger partial charge in [-0.1, -0.05) is 20.8 Å². The Balaban J connectivity index is 2.59.